The highest BCUT2D eigenvalue weighted by Crippen LogP contribution is 2.43. The van der Waals surface area contributed by atoms with Crippen LogP contribution in [0.4, 0.5) is 13.2 Å². The molecule has 1 saturated heterocycles. The van der Waals surface area contributed by atoms with Crippen LogP contribution in [0.5, 0.6) is 0 Å². The molecule has 3 aliphatic rings. The molecule has 0 spiro atoms. The number of benzene rings is 1. The van der Waals surface area contributed by atoms with Crippen molar-refractivity contribution >= 4 is 6.29 Å². The second-order valence-corrected chi connectivity index (χ2v) is 10.4. The Balaban J connectivity index is 1.61. The summed E-state index contributed by atoms with van der Waals surface area (Å²) in [5.41, 5.74) is 0.399. The Bertz CT molecular complexity index is 739. The summed E-state index contributed by atoms with van der Waals surface area (Å²) >= 11 is 0. The summed E-state index contributed by atoms with van der Waals surface area (Å²) in [6, 6.07) is 6.63. The molecule has 3 atom stereocenters. The average Bonchev–Trinajstić information content (AvgIpc) is 2.84. The van der Waals surface area contributed by atoms with E-state index in [1.807, 2.05) is 0 Å². The first-order valence-corrected chi connectivity index (χ1v) is 12.9. The van der Waals surface area contributed by atoms with Gasteiger partial charge in [-0.2, -0.15) is 13.2 Å². The van der Waals surface area contributed by atoms with E-state index in [-0.39, 0.29) is 5.92 Å². The van der Waals surface area contributed by atoms with Gasteiger partial charge >= 0.3 is 6.18 Å². The van der Waals surface area contributed by atoms with Crippen molar-refractivity contribution in [3.8, 4) is 0 Å². The van der Waals surface area contributed by atoms with E-state index >= 15 is 0 Å². The summed E-state index contributed by atoms with van der Waals surface area (Å²) in [6.45, 7) is 2.67. The lowest BCUT2D eigenvalue weighted by Gasteiger charge is -2.48. The normalized spacial score (nSPS) is 28.2. The van der Waals surface area contributed by atoms with E-state index in [0.29, 0.717) is 30.3 Å². The zero-order valence-electron chi connectivity index (χ0n) is 19.6. The van der Waals surface area contributed by atoms with Gasteiger partial charge in [0.05, 0.1) is 5.56 Å². The minimum Gasteiger partial charge on any atom is -0.381 e. The predicted octanol–water partition coefficient (Wildman–Crippen LogP) is 6.61. The molecule has 184 valence electrons. The maximum atomic E-state index is 13.2. The zero-order chi connectivity index (χ0) is 23.3. The van der Waals surface area contributed by atoms with Gasteiger partial charge in [-0.15, -0.1) is 0 Å². The van der Waals surface area contributed by atoms with Crippen molar-refractivity contribution in [2.45, 2.75) is 94.8 Å². The first kappa shape index (κ1) is 24.7. The fraction of sp³-hybridized carbons (Fsp3) is 0.741. The molecule has 33 heavy (non-hydrogen) atoms. The smallest absolute Gasteiger partial charge is 0.381 e. The summed E-state index contributed by atoms with van der Waals surface area (Å²) in [4.78, 5) is 14.0. The molecule has 0 aromatic heterocycles. The largest absolute Gasteiger partial charge is 0.416 e. The first-order chi connectivity index (χ1) is 16.0. The Kier molecular flexibility index (Phi) is 8.50. The number of hydrogen-bond acceptors (Lipinski definition) is 3. The van der Waals surface area contributed by atoms with Crippen LogP contribution in [0.15, 0.2) is 24.3 Å². The van der Waals surface area contributed by atoms with E-state index in [0.717, 1.165) is 63.7 Å². The number of ether oxygens (including phenoxy) is 1. The maximum Gasteiger partial charge on any atom is 0.416 e. The minimum absolute atomic E-state index is 0.164. The number of halogens is 3. The van der Waals surface area contributed by atoms with Crippen molar-refractivity contribution in [2.24, 2.45) is 11.8 Å². The standard InChI is InChI=1S/C27H38F3NO2/c28-27(29,30)23-9-7-22(8-10-23)25-18-20(12-15-32)6-11-26(25)31(24-13-16-33-17-14-24)19-21-4-2-1-3-5-21/h7-10,15,20-21,24-26H,1-6,11-14,16-19H2/t20?,25?,26-/m1/s1. The van der Waals surface area contributed by atoms with Gasteiger partial charge in [0.25, 0.3) is 0 Å². The van der Waals surface area contributed by atoms with E-state index in [2.05, 4.69) is 4.90 Å². The molecule has 2 unspecified atom stereocenters. The molecule has 1 aromatic rings. The Morgan fingerprint density at radius 1 is 0.909 bits per heavy atom. The lowest BCUT2D eigenvalue weighted by molar-refractivity contribution is -0.137. The number of alkyl halides is 3. The number of carbonyl (C=O) groups is 1. The van der Waals surface area contributed by atoms with Crippen LogP contribution in [-0.4, -0.2) is 43.0 Å². The third-order valence-electron chi connectivity index (χ3n) is 8.30. The molecule has 0 N–H and O–H groups in total. The quantitative estimate of drug-likeness (QED) is 0.425. The molecule has 3 fully saturated rings. The van der Waals surface area contributed by atoms with Crippen LogP contribution >= 0.6 is 0 Å². The molecule has 4 rings (SSSR count). The SMILES string of the molecule is O=CCC1CC[C@@H](N(CC2CCCCC2)C2CCOCC2)C(c2ccc(C(F)(F)F)cc2)C1. The predicted molar refractivity (Wildman–Crippen MR) is 123 cm³/mol. The van der Waals surface area contributed by atoms with Gasteiger partial charge in [0.2, 0.25) is 0 Å². The molecule has 1 aromatic carbocycles. The van der Waals surface area contributed by atoms with Crippen molar-refractivity contribution in [1.29, 1.82) is 0 Å². The Morgan fingerprint density at radius 2 is 1.61 bits per heavy atom. The monoisotopic (exact) mass is 465 g/mol. The Hall–Kier alpha value is -1.40. The molecule has 3 nitrogen and oxygen atoms in total. The highest BCUT2D eigenvalue weighted by atomic mass is 19.4. The lowest BCUT2D eigenvalue weighted by Crippen LogP contribution is -2.52. The van der Waals surface area contributed by atoms with E-state index in [4.69, 9.17) is 4.74 Å². The van der Waals surface area contributed by atoms with Crippen molar-refractivity contribution in [2.75, 3.05) is 19.8 Å². The molecule has 0 amide bonds. The van der Waals surface area contributed by atoms with Crippen LogP contribution < -0.4 is 0 Å². The zero-order valence-corrected chi connectivity index (χ0v) is 19.6. The second kappa shape index (κ2) is 11.4. The summed E-state index contributed by atoms with van der Waals surface area (Å²) < 4.78 is 45.2. The van der Waals surface area contributed by atoms with Crippen molar-refractivity contribution in [3.05, 3.63) is 35.4 Å². The summed E-state index contributed by atoms with van der Waals surface area (Å²) in [7, 11) is 0. The third kappa shape index (κ3) is 6.39. The lowest BCUT2D eigenvalue weighted by atomic mass is 9.72. The van der Waals surface area contributed by atoms with E-state index < -0.39 is 11.7 Å². The molecule has 1 aliphatic heterocycles. The molecule has 0 bridgehead atoms. The number of carbonyl (C=O) groups excluding carboxylic acids is 1. The van der Waals surface area contributed by atoms with Gasteiger partial charge in [-0.3, -0.25) is 4.90 Å². The number of hydrogen-bond donors (Lipinski definition) is 0. The van der Waals surface area contributed by atoms with E-state index in [1.165, 1.54) is 44.2 Å². The van der Waals surface area contributed by atoms with E-state index in [1.54, 1.807) is 12.1 Å². The highest BCUT2D eigenvalue weighted by molar-refractivity contribution is 5.49. The molecule has 2 aliphatic carbocycles. The van der Waals surface area contributed by atoms with Crippen LogP contribution in [0.3, 0.4) is 0 Å². The van der Waals surface area contributed by atoms with Crippen LogP contribution in [0.1, 0.15) is 87.7 Å². The number of rotatable bonds is 7. The van der Waals surface area contributed by atoms with Gasteiger partial charge < -0.3 is 9.53 Å². The fourth-order valence-corrected chi connectivity index (χ4v) is 6.51. The molecular formula is C27H38F3NO2. The van der Waals surface area contributed by atoms with Crippen molar-refractivity contribution in [3.63, 3.8) is 0 Å². The molecule has 2 saturated carbocycles. The van der Waals surface area contributed by atoms with Gasteiger partial charge in [-0.05, 0) is 80.4 Å². The minimum atomic E-state index is -4.32. The van der Waals surface area contributed by atoms with Crippen LogP contribution in [0.25, 0.3) is 0 Å². The van der Waals surface area contributed by atoms with Crippen LogP contribution in [0.2, 0.25) is 0 Å². The Labute approximate surface area is 196 Å². The third-order valence-corrected chi connectivity index (χ3v) is 8.30. The Morgan fingerprint density at radius 3 is 2.24 bits per heavy atom. The highest BCUT2D eigenvalue weighted by Gasteiger charge is 2.39. The summed E-state index contributed by atoms with van der Waals surface area (Å²) in [6.07, 6.45) is 8.70. The fourth-order valence-electron chi connectivity index (χ4n) is 6.51. The molecular weight excluding hydrogens is 427 g/mol. The number of nitrogens with zero attached hydrogens (tertiary/aromatic N) is 1. The van der Waals surface area contributed by atoms with Crippen LogP contribution in [0, 0.1) is 11.8 Å². The van der Waals surface area contributed by atoms with Gasteiger partial charge in [-0.25, -0.2) is 0 Å². The molecule has 0 radical (unpaired) electrons. The molecule has 6 heteroatoms. The second-order valence-electron chi connectivity index (χ2n) is 10.4. The molecule has 1 heterocycles. The maximum absolute atomic E-state index is 13.2. The summed E-state index contributed by atoms with van der Waals surface area (Å²) in [5, 5.41) is 0. The van der Waals surface area contributed by atoms with Gasteiger partial charge in [-0.1, -0.05) is 31.4 Å². The first-order valence-electron chi connectivity index (χ1n) is 12.9. The van der Waals surface area contributed by atoms with Crippen molar-refractivity contribution < 1.29 is 22.7 Å². The van der Waals surface area contributed by atoms with Gasteiger partial charge in [0.1, 0.15) is 6.29 Å². The van der Waals surface area contributed by atoms with Gasteiger partial charge in [0.15, 0.2) is 0 Å². The van der Waals surface area contributed by atoms with E-state index in [9.17, 15) is 18.0 Å². The summed E-state index contributed by atoms with van der Waals surface area (Å²) in [5.74, 6) is 1.19. The van der Waals surface area contributed by atoms with Crippen molar-refractivity contribution in [1.82, 2.24) is 4.90 Å². The topological polar surface area (TPSA) is 29.5 Å². The van der Waals surface area contributed by atoms with Gasteiger partial charge in [0, 0.05) is 38.3 Å². The average molecular weight is 466 g/mol. The van der Waals surface area contributed by atoms with Crippen LogP contribution in [-0.2, 0) is 15.7 Å². The number of aldehydes is 1.